The number of nitriles is 1. The van der Waals surface area contributed by atoms with E-state index in [0.717, 1.165) is 6.07 Å². The van der Waals surface area contributed by atoms with Crippen LogP contribution in [0.2, 0.25) is 0 Å². The number of aromatic nitrogens is 1. The molecule has 1 aromatic heterocycles. The van der Waals surface area contributed by atoms with E-state index in [1.54, 1.807) is 20.8 Å². The molecule has 1 heterocycles. The molecule has 148 valence electrons. The van der Waals surface area contributed by atoms with E-state index in [1.807, 2.05) is 0 Å². The van der Waals surface area contributed by atoms with E-state index in [2.05, 4.69) is 15.6 Å². The van der Waals surface area contributed by atoms with Crippen LogP contribution in [0.5, 0.6) is 0 Å². The van der Waals surface area contributed by atoms with E-state index in [-0.39, 0.29) is 17.8 Å². The van der Waals surface area contributed by atoms with Gasteiger partial charge in [-0.05, 0) is 52.5 Å². The molecule has 0 aromatic carbocycles. The van der Waals surface area contributed by atoms with Gasteiger partial charge >= 0.3 is 12.3 Å². The average molecular weight is 384 g/mol. The molecule has 2 rings (SSSR count). The van der Waals surface area contributed by atoms with Crippen molar-refractivity contribution in [2.24, 2.45) is 0 Å². The van der Waals surface area contributed by atoms with Crippen LogP contribution < -0.4 is 10.6 Å². The van der Waals surface area contributed by atoms with E-state index >= 15 is 0 Å². The Morgan fingerprint density at radius 3 is 2.33 bits per heavy atom. The summed E-state index contributed by atoms with van der Waals surface area (Å²) >= 11 is 0. The first-order valence-corrected chi connectivity index (χ1v) is 8.71. The number of nitrogens with zero attached hydrogens (tertiary/aromatic N) is 2. The molecular weight excluding hydrogens is 361 g/mol. The number of amides is 1. The first kappa shape index (κ1) is 20.8. The van der Waals surface area contributed by atoms with Crippen LogP contribution in [0.1, 0.15) is 57.7 Å². The number of alkyl halides is 3. The number of carbonyl (C=O) groups excluding carboxylic acids is 1. The van der Waals surface area contributed by atoms with E-state index < -0.39 is 29.1 Å². The SMILES string of the molecule is CC(C)(C)OC(=O)NC1CCC(Nc2cnc(C#N)c(C(F)(F)F)c2)CC1. The highest BCUT2D eigenvalue weighted by Crippen LogP contribution is 2.33. The van der Waals surface area contributed by atoms with Crippen molar-refractivity contribution in [2.75, 3.05) is 5.32 Å². The smallest absolute Gasteiger partial charge is 0.419 e. The summed E-state index contributed by atoms with van der Waals surface area (Å²) in [6.45, 7) is 5.36. The summed E-state index contributed by atoms with van der Waals surface area (Å²) in [5.74, 6) is 0. The molecule has 0 bridgehead atoms. The second-order valence-corrected chi connectivity index (χ2v) is 7.57. The molecule has 0 atom stereocenters. The fourth-order valence-corrected chi connectivity index (χ4v) is 2.94. The van der Waals surface area contributed by atoms with Crippen LogP contribution in [0, 0.1) is 11.3 Å². The largest absolute Gasteiger partial charge is 0.444 e. The van der Waals surface area contributed by atoms with E-state index in [9.17, 15) is 18.0 Å². The molecule has 0 radical (unpaired) electrons. The molecule has 0 unspecified atom stereocenters. The van der Waals surface area contributed by atoms with E-state index in [4.69, 9.17) is 10.00 Å². The number of carbonyl (C=O) groups is 1. The molecule has 1 aromatic rings. The number of ether oxygens (including phenoxy) is 1. The highest BCUT2D eigenvalue weighted by atomic mass is 19.4. The summed E-state index contributed by atoms with van der Waals surface area (Å²) in [5, 5.41) is 14.6. The maximum absolute atomic E-state index is 13.0. The summed E-state index contributed by atoms with van der Waals surface area (Å²) < 4.78 is 44.3. The van der Waals surface area contributed by atoms with E-state index in [1.165, 1.54) is 12.3 Å². The highest BCUT2D eigenvalue weighted by molar-refractivity contribution is 5.68. The van der Waals surface area contributed by atoms with Crippen molar-refractivity contribution in [3.63, 3.8) is 0 Å². The first-order valence-electron chi connectivity index (χ1n) is 8.71. The Morgan fingerprint density at radius 1 is 1.22 bits per heavy atom. The Hall–Kier alpha value is -2.50. The van der Waals surface area contributed by atoms with Crippen molar-refractivity contribution in [3.05, 3.63) is 23.5 Å². The average Bonchev–Trinajstić information content (AvgIpc) is 2.54. The molecule has 0 aliphatic heterocycles. The second kappa shape index (κ2) is 8.03. The fraction of sp³-hybridized carbons (Fsp3) is 0.611. The Kier molecular flexibility index (Phi) is 6.19. The lowest BCUT2D eigenvalue weighted by Gasteiger charge is -2.31. The molecule has 27 heavy (non-hydrogen) atoms. The third kappa shape index (κ3) is 6.31. The van der Waals surface area contributed by atoms with Gasteiger partial charge in [0.25, 0.3) is 0 Å². The number of anilines is 1. The third-order valence-corrected chi connectivity index (χ3v) is 4.12. The van der Waals surface area contributed by atoms with Gasteiger partial charge in [-0.2, -0.15) is 18.4 Å². The molecular formula is C18H23F3N4O2. The standard InChI is InChI=1S/C18H23F3N4O2/c1-17(2,3)27-16(26)25-12-6-4-11(5-7-12)24-13-8-14(18(19,20)21)15(9-22)23-10-13/h8,10-12,24H,4-7H2,1-3H3,(H,25,26). The van der Waals surface area contributed by atoms with Gasteiger partial charge in [0.2, 0.25) is 0 Å². The first-order chi connectivity index (χ1) is 12.5. The van der Waals surface area contributed by atoms with Crippen LogP contribution in [-0.4, -0.2) is 28.8 Å². The quantitative estimate of drug-likeness (QED) is 0.815. The van der Waals surface area contributed by atoms with Crippen molar-refractivity contribution in [3.8, 4) is 6.07 Å². The number of alkyl carbamates (subject to hydrolysis) is 1. The third-order valence-electron chi connectivity index (χ3n) is 4.12. The molecule has 6 nitrogen and oxygen atoms in total. The molecule has 1 fully saturated rings. The number of pyridine rings is 1. The molecule has 2 N–H and O–H groups in total. The Bertz CT molecular complexity index is 715. The zero-order valence-electron chi connectivity index (χ0n) is 15.5. The molecule has 9 heteroatoms. The number of halogens is 3. The van der Waals surface area contributed by atoms with E-state index in [0.29, 0.717) is 25.7 Å². The summed E-state index contributed by atoms with van der Waals surface area (Å²) in [4.78, 5) is 15.4. The second-order valence-electron chi connectivity index (χ2n) is 7.57. The van der Waals surface area contributed by atoms with Gasteiger partial charge in [-0.1, -0.05) is 0 Å². The number of rotatable bonds is 3. The topological polar surface area (TPSA) is 87.0 Å². The van der Waals surface area contributed by atoms with Gasteiger partial charge in [-0.3, -0.25) is 0 Å². The minimum Gasteiger partial charge on any atom is -0.444 e. The fourth-order valence-electron chi connectivity index (χ4n) is 2.94. The van der Waals surface area contributed by atoms with Crippen LogP contribution in [0.15, 0.2) is 12.3 Å². The van der Waals surface area contributed by atoms with Crippen molar-refractivity contribution in [2.45, 2.75) is 70.3 Å². The zero-order chi connectivity index (χ0) is 20.2. The maximum atomic E-state index is 13.0. The summed E-state index contributed by atoms with van der Waals surface area (Å²) in [6.07, 6.45) is -1.13. The highest BCUT2D eigenvalue weighted by Gasteiger charge is 2.35. The van der Waals surface area contributed by atoms with Crippen LogP contribution in [-0.2, 0) is 10.9 Å². The minimum atomic E-state index is -4.63. The number of hydrogen-bond donors (Lipinski definition) is 2. The summed E-state index contributed by atoms with van der Waals surface area (Å²) in [6, 6.07) is 2.32. The van der Waals surface area contributed by atoms with Gasteiger partial charge in [-0.15, -0.1) is 0 Å². The van der Waals surface area contributed by atoms with Gasteiger partial charge < -0.3 is 15.4 Å². The minimum absolute atomic E-state index is 0.0253. The van der Waals surface area contributed by atoms with Gasteiger partial charge in [0.15, 0.2) is 5.69 Å². The van der Waals surface area contributed by atoms with Crippen LogP contribution >= 0.6 is 0 Å². The number of nitrogens with one attached hydrogen (secondary N) is 2. The van der Waals surface area contributed by atoms with Crippen LogP contribution in [0.25, 0.3) is 0 Å². The van der Waals surface area contributed by atoms with Gasteiger partial charge in [-0.25, -0.2) is 9.78 Å². The predicted octanol–water partition coefficient (Wildman–Crippen LogP) is 4.22. The predicted molar refractivity (Wildman–Crippen MR) is 93.0 cm³/mol. The molecule has 1 amide bonds. The van der Waals surface area contributed by atoms with Crippen molar-refractivity contribution < 1.29 is 22.7 Å². The van der Waals surface area contributed by atoms with Crippen LogP contribution in [0.3, 0.4) is 0 Å². The summed E-state index contributed by atoms with van der Waals surface area (Å²) in [7, 11) is 0. The summed E-state index contributed by atoms with van der Waals surface area (Å²) in [5.41, 5.74) is -2.03. The van der Waals surface area contributed by atoms with Gasteiger partial charge in [0, 0.05) is 12.1 Å². The Morgan fingerprint density at radius 2 is 1.81 bits per heavy atom. The Balaban J connectivity index is 1.91. The molecule has 1 aliphatic rings. The molecule has 0 saturated heterocycles. The molecule has 1 saturated carbocycles. The lowest BCUT2D eigenvalue weighted by Crippen LogP contribution is -2.42. The lowest BCUT2D eigenvalue weighted by atomic mass is 9.91. The molecule has 0 spiro atoms. The van der Waals surface area contributed by atoms with Crippen molar-refractivity contribution >= 4 is 11.8 Å². The van der Waals surface area contributed by atoms with Gasteiger partial charge in [0.1, 0.15) is 11.7 Å². The van der Waals surface area contributed by atoms with Crippen LogP contribution in [0.4, 0.5) is 23.7 Å². The number of hydrogen-bond acceptors (Lipinski definition) is 5. The monoisotopic (exact) mass is 384 g/mol. The van der Waals surface area contributed by atoms with Gasteiger partial charge in [0.05, 0.1) is 17.4 Å². The maximum Gasteiger partial charge on any atom is 0.419 e. The van der Waals surface area contributed by atoms with Crippen molar-refractivity contribution in [1.29, 1.82) is 5.26 Å². The van der Waals surface area contributed by atoms with Crippen molar-refractivity contribution in [1.82, 2.24) is 10.3 Å². The lowest BCUT2D eigenvalue weighted by molar-refractivity contribution is -0.138. The normalized spacial score (nSPS) is 20.5. The Labute approximate surface area is 156 Å². The zero-order valence-corrected chi connectivity index (χ0v) is 15.5. The molecule has 1 aliphatic carbocycles.